The minimum absolute atomic E-state index is 0.0529. The summed E-state index contributed by atoms with van der Waals surface area (Å²) in [4.78, 5) is 20.0. The Bertz CT molecular complexity index is 414. The van der Waals surface area contributed by atoms with E-state index in [0.29, 0.717) is 5.92 Å². The van der Waals surface area contributed by atoms with Gasteiger partial charge in [-0.15, -0.1) is 0 Å². The molecule has 1 aromatic rings. The number of aryl methyl sites for hydroxylation is 1. The summed E-state index contributed by atoms with van der Waals surface area (Å²) in [6.45, 7) is 3.63. The summed E-state index contributed by atoms with van der Waals surface area (Å²) in [7, 11) is 0. The van der Waals surface area contributed by atoms with Crippen molar-refractivity contribution in [2.24, 2.45) is 5.92 Å². The molecule has 0 bridgehead atoms. The Kier molecular flexibility index (Phi) is 3.11. The third-order valence-electron chi connectivity index (χ3n) is 3.22. The fourth-order valence-electron chi connectivity index (χ4n) is 1.82. The van der Waals surface area contributed by atoms with Crippen molar-refractivity contribution < 1.29 is 9.90 Å². The molecular formula is C12H17N3O2. The number of carbonyl (C=O) groups excluding carboxylic acids is 1. The second-order valence-corrected chi connectivity index (χ2v) is 4.85. The zero-order valence-electron chi connectivity index (χ0n) is 10.1. The van der Waals surface area contributed by atoms with E-state index in [-0.39, 0.29) is 18.2 Å². The van der Waals surface area contributed by atoms with Crippen molar-refractivity contribution in [2.45, 2.75) is 32.2 Å². The van der Waals surface area contributed by atoms with Gasteiger partial charge in [0.2, 0.25) is 0 Å². The number of nitrogens with one attached hydrogen (secondary N) is 1. The number of amides is 1. The molecule has 5 nitrogen and oxygen atoms in total. The van der Waals surface area contributed by atoms with Crippen LogP contribution in [0.15, 0.2) is 12.4 Å². The quantitative estimate of drug-likeness (QED) is 0.804. The van der Waals surface area contributed by atoms with Crippen LogP contribution in [0.4, 0.5) is 0 Å². The summed E-state index contributed by atoms with van der Waals surface area (Å²) in [5.41, 5.74) is 0.522. The first-order chi connectivity index (χ1) is 8.05. The minimum atomic E-state index is -0.538. The molecule has 0 spiro atoms. The van der Waals surface area contributed by atoms with E-state index in [1.165, 1.54) is 6.20 Å². The van der Waals surface area contributed by atoms with E-state index < -0.39 is 5.54 Å². The van der Waals surface area contributed by atoms with Crippen molar-refractivity contribution in [3.05, 3.63) is 23.8 Å². The molecule has 1 amide bonds. The van der Waals surface area contributed by atoms with Crippen molar-refractivity contribution in [1.29, 1.82) is 0 Å². The van der Waals surface area contributed by atoms with Crippen LogP contribution in [0.1, 0.15) is 35.9 Å². The lowest BCUT2D eigenvalue weighted by molar-refractivity contribution is 0.0819. The first-order valence-corrected chi connectivity index (χ1v) is 5.77. The zero-order valence-corrected chi connectivity index (χ0v) is 10.1. The van der Waals surface area contributed by atoms with Crippen LogP contribution in [0.3, 0.4) is 0 Å². The molecule has 0 aliphatic heterocycles. The molecule has 1 atom stereocenters. The Morgan fingerprint density at radius 3 is 2.71 bits per heavy atom. The second-order valence-electron chi connectivity index (χ2n) is 4.85. The zero-order chi connectivity index (χ0) is 12.5. The summed E-state index contributed by atoms with van der Waals surface area (Å²) in [6, 6.07) is 0. The number of carbonyl (C=O) groups is 1. The van der Waals surface area contributed by atoms with E-state index in [2.05, 4.69) is 15.3 Å². The lowest BCUT2D eigenvalue weighted by atomic mass is 9.97. The third-order valence-corrected chi connectivity index (χ3v) is 3.22. The van der Waals surface area contributed by atoms with E-state index in [1.54, 1.807) is 6.20 Å². The smallest absolute Gasteiger partial charge is 0.271 e. The summed E-state index contributed by atoms with van der Waals surface area (Å²) < 4.78 is 0. The number of aromatic nitrogens is 2. The minimum Gasteiger partial charge on any atom is -0.394 e. The topological polar surface area (TPSA) is 75.1 Å². The van der Waals surface area contributed by atoms with Crippen LogP contribution in [0.25, 0.3) is 0 Å². The summed E-state index contributed by atoms with van der Waals surface area (Å²) in [6.07, 6.45) is 5.12. The number of hydrogen-bond acceptors (Lipinski definition) is 4. The van der Waals surface area contributed by atoms with Gasteiger partial charge < -0.3 is 10.4 Å². The molecule has 1 aromatic heterocycles. The van der Waals surface area contributed by atoms with Crippen molar-refractivity contribution in [1.82, 2.24) is 15.3 Å². The second kappa shape index (κ2) is 4.41. The largest absolute Gasteiger partial charge is 0.394 e. The Morgan fingerprint density at radius 1 is 1.53 bits per heavy atom. The third kappa shape index (κ3) is 2.61. The number of aliphatic hydroxyl groups excluding tert-OH is 1. The molecule has 0 aromatic carbocycles. The molecule has 1 unspecified atom stereocenters. The van der Waals surface area contributed by atoms with Gasteiger partial charge in [0.15, 0.2) is 0 Å². The fraction of sp³-hybridized carbons (Fsp3) is 0.583. The predicted molar refractivity (Wildman–Crippen MR) is 62.5 cm³/mol. The molecule has 1 aliphatic rings. The molecular weight excluding hydrogens is 218 g/mol. The van der Waals surface area contributed by atoms with E-state index in [0.717, 1.165) is 18.5 Å². The van der Waals surface area contributed by atoms with Gasteiger partial charge >= 0.3 is 0 Å². The van der Waals surface area contributed by atoms with Gasteiger partial charge in [-0.3, -0.25) is 9.78 Å². The normalized spacial score (nSPS) is 18.5. The van der Waals surface area contributed by atoms with Crippen molar-refractivity contribution in [3.8, 4) is 0 Å². The maximum Gasteiger partial charge on any atom is 0.271 e. The highest BCUT2D eigenvalue weighted by Gasteiger charge is 2.42. The fourth-order valence-corrected chi connectivity index (χ4v) is 1.82. The first kappa shape index (κ1) is 12.0. The van der Waals surface area contributed by atoms with Crippen molar-refractivity contribution in [3.63, 3.8) is 0 Å². The lowest BCUT2D eigenvalue weighted by Crippen LogP contribution is -2.51. The molecule has 1 aliphatic carbocycles. The van der Waals surface area contributed by atoms with Crippen LogP contribution in [0.5, 0.6) is 0 Å². The van der Waals surface area contributed by atoms with Crippen molar-refractivity contribution >= 4 is 5.91 Å². The number of aliphatic hydroxyl groups is 1. The maximum absolute atomic E-state index is 11.9. The number of rotatable bonds is 4. The van der Waals surface area contributed by atoms with Gasteiger partial charge in [-0.2, -0.15) is 0 Å². The average molecular weight is 235 g/mol. The molecule has 1 saturated carbocycles. The van der Waals surface area contributed by atoms with E-state index in [9.17, 15) is 9.90 Å². The van der Waals surface area contributed by atoms with Crippen LogP contribution in [0, 0.1) is 12.8 Å². The van der Waals surface area contributed by atoms with E-state index >= 15 is 0 Å². The SMILES string of the molecule is Cc1cnc(C(=O)NC(C)(CO)C2CC2)cn1. The van der Waals surface area contributed by atoms with Gasteiger partial charge in [-0.25, -0.2) is 4.98 Å². The Morgan fingerprint density at radius 2 is 2.24 bits per heavy atom. The molecule has 2 N–H and O–H groups in total. The molecule has 0 radical (unpaired) electrons. The Labute approximate surface area is 100 Å². The highest BCUT2D eigenvalue weighted by molar-refractivity contribution is 5.92. The van der Waals surface area contributed by atoms with Crippen molar-refractivity contribution in [2.75, 3.05) is 6.61 Å². The first-order valence-electron chi connectivity index (χ1n) is 5.77. The monoisotopic (exact) mass is 235 g/mol. The molecule has 92 valence electrons. The van der Waals surface area contributed by atoms with Crippen LogP contribution in [-0.2, 0) is 0 Å². The highest BCUT2D eigenvalue weighted by atomic mass is 16.3. The van der Waals surface area contributed by atoms with Gasteiger partial charge in [0.1, 0.15) is 5.69 Å². The van der Waals surface area contributed by atoms with Crippen LogP contribution in [0.2, 0.25) is 0 Å². The molecule has 1 fully saturated rings. The van der Waals surface area contributed by atoms with Gasteiger partial charge in [-0.1, -0.05) is 0 Å². The molecule has 5 heteroatoms. The highest BCUT2D eigenvalue weighted by Crippen LogP contribution is 2.39. The molecule has 1 heterocycles. The molecule has 0 saturated heterocycles. The predicted octanol–water partition coefficient (Wildman–Crippen LogP) is 0.676. The van der Waals surface area contributed by atoms with Crippen LogP contribution < -0.4 is 5.32 Å². The summed E-state index contributed by atoms with van der Waals surface area (Å²) in [5.74, 6) is 0.0933. The van der Waals surface area contributed by atoms with Gasteiger partial charge in [0, 0.05) is 6.20 Å². The lowest BCUT2D eigenvalue weighted by Gasteiger charge is -2.28. The summed E-state index contributed by atoms with van der Waals surface area (Å²) in [5, 5.41) is 12.2. The average Bonchev–Trinajstić information content (AvgIpc) is 3.13. The Hall–Kier alpha value is -1.49. The van der Waals surface area contributed by atoms with Gasteiger partial charge in [-0.05, 0) is 32.6 Å². The molecule has 2 rings (SSSR count). The maximum atomic E-state index is 11.9. The summed E-state index contributed by atoms with van der Waals surface area (Å²) >= 11 is 0. The van der Waals surface area contributed by atoms with E-state index in [4.69, 9.17) is 0 Å². The number of hydrogen-bond donors (Lipinski definition) is 2. The standard InChI is InChI=1S/C12H17N3O2/c1-8-5-14-10(6-13-8)11(17)15-12(2,7-16)9-3-4-9/h5-6,9,16H,3-4,7H2,1-2H3,(H,15,17). The van der Waals surface area contributed by atoms with Crippen LogP contribution >= 0.6 is 0 Å². The van der Waals surface area contributed by atoms with Gasteiger partial charge in [0.05, 0.1) is 24.0 Å². The van der Waals surface area contributed by atoms with E-state index in [1.807, 2.05) is 13.8 Å². The molecule has 17 heavy (non-hydrogen) atoms. The van der Waals surface area contributed by atoms with Crippen LogP contribution in [-0.4, -0.2) is 33.1 Å². The van der Waals surface area contributed by atoms with Gasteiger partial charge in [0.25, 0.3) is 5.91 Å². The number of nitrogens with zero attached hydrogens (tertiary/aromatic N) is 2. The Balaban J connectivity index is 2.07.